The van der Waals surface area contributed by atoms with Gasteiger partial charge in [0.05, 0.1) is 17.7 Å². The van der Waals surface area contributed by atoms with Gasteiger partial charge in [0, 0.05) is 10.6 Å². The molecule has 0 fully saturated rings. The van der Waals surface area contributed by atoms with Crippen LogP contribution in [0.2, 0.25) is 5.02 Å². The predicted molar refractivity (Wildman–Crippen MR) is 106 cm³/mol. The van der Waals surface area contributed by atoms with Gasteiger partial charge in [0.15, 0.2) is 0 Å². The van der Waals surface area contributed by atoms with Crippen LogP contribution in [0.3, 0.4) is 0 Å². The van der Waals surface area contributed by atoms with Gasteiger partial charge in [-0.15, -0.1) is 0 Å². The molecule has 28 heavy (non-hydrogen) atoms. The number of rotatable bonds is 7. The van der Waals surface area contributed by atoms with Gasteiger partial charge in [0.2, 0.25) is 10.0 Å². The fraction of sp³-hybridized carbons (Fsp3) is 0.0526. The number of benzene rings is 2. The van der Waals surface area contributed by atoms with E-state index in [2.05, 4.69) is 15.2 Å². The Balaban J connectivity index is 1.54. The molecule has 0 bridgehead atoms. The second kappa shape index (κ2) is 8.83. The Kier molecular flexibility index (Phi) is 6.25. The van der Waals surface area contributed by atoms with Gasteiger partial charge in [0.25, 0.3) is 5.91 Å². The number of halogens is 1. The molecule has 2 aromatic carbocycles. The van der Waals surface area contributed by atoms with E-state index in [0.29, 0.717) is 22.1 Å². The number of hydrazone groups is 1. The zero-order valence-corrected chi connectivity index (χ0v) is 16.1. The van der Waals surface area contributed by atoms with E-state index in [4.69, 9.17) is 16.0 Å². The monoisotopic (exact) mass is 417 g/mol. The lowest BCUT2D eigenvalue weighted by Crippen LogP contribution is -2.22. The topological polar surface area (TPSA) is 101 Å². The van der Waals surface area contributed by atoms with E-state index in [1.807, 2.05) is 0 Å². The zero-order valence-electron chi connectivity index (χ0n) is 14.5. The highest BCUT2D eigenvalue weighted by molar-refractivity contribution is 7.89. The number of carbonyl (C=O) groups is 1. The van der Waals surface area contributed by atoms with Crippen LogP contribution in [0.4, 0.5) is 0 Å². The van der Waals surface area contributed by atoms with Crippen LogP contribution in [0.5, 0.6) is 0 Å². The summed E-state index contributed by atoms with van der Waals surface area (Å²) in [6.45, 7) is -0.0117. The largest absolute Gasteiger partial charge is 0.459 e. The van der Waals surface area contributed by atoms with Gasteiger partial charge < -0.3 is 4.42 Å². The SMILES string of the molecule is O=C(N/N=C\c1ccc(CNS(=O)(=O)c2ccccc2)o1)c1ccc(Cl)cc1. The van der Waals surface area contributed by atoms with Crippen LogP contribution < -0.4 is 10.1 Å². The van der Waals surface area contributed by atoms with Gasteiger partial charge in [-0.3, -0.25) is 4.79 Å². The van der Waals surface area contributed by atoms with Gasteiger partial charge >= 0.3 is 0 Å². The van der Waals surface area contributed by atoms with Crippen LogP contribution in [0.25, 0.3) is 0 Å². The highest BCUT2D eigenvalue weighted by atomic mass is 35.5. The molecule has 1 heterocycles. The van der Waals surface area contributed by atoms with Gasteiger partial charge in [-0.25, -0.2) is 18.6 Å². The van der Waals surface area contributed by atoms with Crippen LogP contribution in [0.15, 0.2) is 81.1 Å². The lowest BCUT2D eigenvalue weighted by molar-refractivity contribution is 0.0955. The summed E-state index contributed by atoms with van der Waals surface area (Å²) in [5, 5.41) is 4.35. The molecule has 1 amide bonds. The first kappa shape index (κ1) is 19.8. The van der Waals surface area contributed by atoms with Crippen LogP contribution in [0, 0.1) is 0 Å². The van der Waals surface area contributed by atoms with E-state index in [1.165, 1.54) is 18.3 Å². The number of carbonyl (C=O) groups excluding carboxylic acids is 1. The van der Waals surface area contributed by atoms with Crippen molar-refractivity contribution in [1.29, 1.82) is 0 Å². The zero-order chi connectivity index (χ0) is 20.0. The minimum Gasteiger partial charge on any atom is -0.459 e. The minimum absolute atomic E-state index is 0.0117. The first-order valence-electron chi connectivity index (χ1n) is 8.16. The maximum Gasteiger partial charge on any atom is 0.271 e. The number of hydrogen-bond donors (Lipinski definition) is 2. The Bertz CT molecular complexity index is 1080. The normalized spacial score (nSPS) is 11.6. The summed E-state index contributed by atoms with van der Waals surface area (Å²) < 4.78 is 32.3. The summed E-state index contributed by atoms with van der Waals surface area (Å²) in [6, 6.07) is 17.7. The highest BCUT2D eigenvalue weighted by Crippen LogP contribution is 2.11. The molecule has 3 rings (SSSR count). The molecule has 0 spiro atoms. The van der Waals surface area contributed by atoms with Crippen molar-refractivity contribution in [2.45, 2.75) is 11.4 Å². The first-order chi connectivity index (χ1) is 13.4. The molecule has 0 saturated heterocycles. The van der Waals surface area contributed by atoms with Gasteiger partial charge in [0.1, 0.15) is 11.5 Å². The Morgan fingerprint density at radius 1 is 1.04 bits per heavy atom. The molecule has 0 unspecified atom stereocenters. The molecule has 2 N–H and O–H groups in total. The Morgan fingerprint density at radius 3 is 2.46 bits per heavy atom. The average molecular weight is 418 g/mol. The van der Waals surface area contributed by atoms with Crippen molar-refractivity contribution in [3.8, 4) is 0 Å². The lowest BCUT2D eigenvalue weighted by Gasteiger charge is -2.04. The number of nitrogens with zero attached hydrogens (tertiary/aromatic N) is 1. The van der Waals surface area contributed by atoms with E-state index in [9.17, 15) is 13.2 Å². The summed E-state index contributed by atoms with van der Waals surface area (Å²) in [5.74, 6) is 0.380. The predicted octanol–water partition coefficient (Wildman–Crippen LogP) is 3.18. The van der Waals surface area contributed by atoms with Crippen molar-refractivity contribution in [3.05, 3.63) is 88.8 Å². The second-order valence-corrected chi connectivity index (χ2v) is 7.85. The Hall–Kier alpha value is -2.94. The molecule has 1 aromatic heterocycles. The third kappa shape index (κ3) is 5.29. The fourth-order valence-corrected chi connectivity index (χ4v) is 3.37. The van der Waals surface area contributed by atoms with Crippen molar-refractivity contribution in [3.63, 3.8) is 0 Å². The fourth-order valence-electron chi connectivity index (χ4n) is 2.23. The van der Waals surface area contributed by atoms with Crippen LogP contribution in [0.1, 0.15) is 21.9 Å². The maximum absolute atomic E-state index is 12.2. The number of nitrogens with one attached hydrogen (secondary N) is 2. The molecule has 3 aromatic rings. The smallest absolute Gasteiger partial charge is 0.271 e. The minimum atomic E-state index is -3.62. The molecule has 0 aliphatic carbocycles. The van der Waals surface area contributed by atoms with Crippen LogP contribution >= 0.6 is 11.6 Å². The quantitative estimate of drug-likeness (QED) is 0.455. The van der Waals surface area contributed by atoms with E-state index in [-0.39, 0.29) is 11.4 Å². The molecule has 7 nitrogen and oxygen atoms in total. The summed E-state index contributed by atoms with van der Waals surface area (Å²) >= 11 is 5.78. The molecular formula is C19H16ClN3O4S. The summed E-state index contributed by atoms with van der Waals surface area (Å²) in [4.78, 5) is 12.1. The van der Waals surface area contributed by atoms with Gasteiger partial charge in [-0.2, -0.15) is 5.10 Å². The molecule has 0 saturated carbocycles. The van der Waals surface area contributed by atoms with Gasteiger partial charge in [-0.1, -0.05) is 29.8 Å². The summed E-state index contributed by atoms with van der Waals surface area (Å²) in [5.41, 5.74) is 2.78. The molecule has 9 heteroatoms. The standard InChI is InChI=1S/C19H16ClN3O4S/c20-15-8-6-14(7-9-15)19(24)23-21-12-16-10-11-17(27-16)13-22-28(25,26)18-4-2-1-3-5-18/h1-12,22H,13H2,(H,23,24)/b21-12-. The summed E-state index contributed by atoms with van der Waals surface area (Å²) in [6.07, 6.45) is 1.32. The molecule has 0 aliphatic rings. The van der Waals surface area contributed by atoms with Crippen molar-refractivity contribution in [2.75, 3.05) is 0 Å². The molecule has 0 atom stereocenters. The molecule has 144 valence electrons. The molecular weight excluding hydrogens is 402 g/mol. The Morgan fingerprint density at radius 2 is 1.75 bits per heavy atom. The summed E-state index contributed by atoms with van der Waals surface area (Å²) in [7, 11) is -3.62. The number of sulfonamides is 1. The second-order valence-electron chi connectivity index (χ2n) is 5.65. The lowest BCUT2D eigenvalue weighted by atomic mass is 10.2. The average Bonchev–Trinajstić information content (AvgIpc) is 3.15. The highest BCUT2D eigenvalue weighted by Gasteiger charge is 2.13. The van der Waals surface area contributed by atoms with Crippen molar-refractivity contribution >= 4 is 33.7 Å². The van der Waals surface area contributed by atoms with Crippen molar-refractivity contribution in [2.24, 2.45) is 5.10 Å². The van der Waals surface area contributed by atoms with Crippen LogP contribution in [-0.4, -0.2) is 20.5 Å². The van der Waals surface area contributed by atoms with Gasteiger partial charge in [-0.05, 0) is 48.5 Å². The third-order valence-corrected chi connectivity index (χ3v) is 5.31. The first-order valence-corrected chi connectivity index (χ1v) is 10.0. The van der Waals surface area contributed by atoms with Crippen molar-refractivity contribution in [1.82, 2.24) is 10.1 Å². The molecule has 0 aliphatic heterocycles. The number of furan rings is 1. The Labute approximate surface area is 167 Å². The van der Waals surface area contributed by atoms with Crippen molar-refractivity contribution < 1.29 is 17.6 Å². The van der Waals surface area contributed by atoms with E-state index >= 15 is 0 Å². The van der Waals surface area contributed by atoms with E-state index < -0.39 is 15.9 Å². The number of amides is 1. The van der Waals surface area contributed by atoms with E-state index in [1.54, 1.807) is 54.6 Å². The maximum atomic E-state index is 12.2. The third-order valence-electron chi connectivity index (χ3n) is 3.64. The number of hydrogen-bond acceptors (Lipinski definition) is 5. The van der Waals surface area contributed by atoms with Crippen LogP contribution in [-0.2, 0) is 16.6 Å². The molecule has 0 radical (unpaired) electrons. The van der Waals surface area contributed by atoms with E-state index in [0.717, 1.165) is 0 Å².